The van der Waals surface area contributed by atoms with Crippen LogP contribution in [0.1, 0.15) is 37.3 Å². The topological polar surface area (TPSA) is 56.8 Å². The molecule has 124 valence electrons. The zero-order chi connectivity index (χ0) is 16.7. The number of amides is 1. The van der Waals surface area contributed by atoms with Gasteiger partial charge in [0.2, 0.25) is 12.7 Å². The number of carbonyl (C=O) groups is 1. The number of anilines is 1. The highest BCUT2D eigenvalue weighted by Gasteiger charge is 2.29. The van der Waals surface area contributed by atoms with E-state index >= 15 is 0 Å². The van der Waals surface area contributed by atoms with Crippen LogP contribution in [0.3, 0.4) is 0 Å². The lowest BCUT2D eigenvalue weighted by Crippen LogP contribution is -2.23. The summed E-state index contributed by atoms with van der Waals surface area (Å²) in [6, 6.07) is 11.8. The van der Waals surface area contributed by atoms with Gasteiger partial charge in [0, 0.05) is 24.1 Å². The molecule has 24 heavy (non-hydrogen) atoms. The van der Waals surface area contributed by atoms with Gasteiger partial charge in [-0.25, -0.2) is 0 Å². The second-order valence-electron chi connectivity index (χ2n) is 6.33. The molecular formula is C19H19NO4. The zero-order valence-corrected chi connectivity index (χ0v) is 13.7. The molecule has 1 amide bonds. The van der Waals surface area contributed by atoms with Crippen LogP contribution >= 0.6 is 0 Å². The molecule has 2 heterocycles. The van der Waals surface area contributed by atoms with Crippen molar-refractivity contribution in [3.63, 3.8) is 0 Å². The Bertz CT molecular complexity index is 783. The molecule has 0 aliphatic carbocycles. The third-order valence-electron chi connectivity index (χ3n) is 4.24. The molecule has 0 spiro atoms. The molecule has 0 aromatic heterocycles. The van der Waals surface area contributed by atoms with Crippen molar-refractivity contribution in [2.75, 3.05) is 12.1 Å². The molecule has 0 fully saturated rings. The minimum absolute atomic E-state index is 0.00338. The lowest BCUT2D eigenvalue weighted by Gasteiger charge is -2.26. The van der Waals surface area contributed by atoms with Gasteiger partial charge in [-0.05, 0) is 43.2 Å². The van der Waals surface area contributed by atoms with Gasteiger partial charge in [-0.2, -0.15) is 0 Å². The van der Waals surface area contributed by atoms with Crippen LogP contribution in [0.2, 0.25) is 0 Å². The highest BCUT2D eigenvalue weighted by atomic mass is 16.7. The predicted octanol–water partition coefficient (Wildman–Crippen LogP) is 3.68. The Morgan fingerprint density at radius 2 is 1.83 bits per heavy atom. The summed E-state index contributed by atoms with van der Waals surface area (Å²) in [6.07, 6.45) is 0.550. The Kier molecular flexibility index (Phi) is 3.56. The van der Waals surface area contributed by atoms with E-state index in [1.165, 1.54) is 0 Å². The van der Waals surface area contributed by atoms with E-state index in [-0.39, 0.29) is 24.7 Å². The maximum Gasteiger partial charge on any atom is 0.231 e. The van der Waals surface area contributed by atoms with Crippen molar-refractivity contribution in [1.29, 1.82) is 0 Å². The minimum atomic E-state index is -0.00338. The molecule has 5 heteroatoms. The van der Waals surface area contributed by atoms with Crippen LogP contribution in [-0.2, 0) is 4.79 Å². The van der Waals surface area contributed by atoms with E-state index < -0.39 is 0 Å². The molecule has 2 aromatic carbocycles. The Hall–Kier alpha value is -2.69. The van der Waals surface area contributed by atoms with Gasteiger partial charge >= 0.3 is 0 Å². The Labute approximate surface area is 140 Å². The van der Waals surface area contributed by atoms with Crippen LogP contribution in [0, 0.1) is 0 Å². The molecule has 4 rings (SSSR count). The fourth-order valence-electron chi connectivity index (χ4n) is 3.20. The van der Waals surface area contributed by atoms with Gasteiger partial charge in [-0.1, -0.05) is 12.1 Å². The van der Waals surface area contributed by atoms with Crippen LogP contribution in [0.5, 0.6) is 17.2 Å². The number of nitrogens with one attached hydrogen (secondary N) is 1. The second-order valence-corrected chi connectivity index (χ2v) is 6.33. The van der Waals surface area contributed by atoms with Crippen LogP contribution in [0.25, 0.3) is 0 Å². The van der Waals surface area contributed by atoms with Gasteiger partial charge in [0.05, 0.1) is 6.10 Å². The normalized spacial score (nSPS) is 18.3. The molecule has 2 aliphatic heterocycles. The number of fused-ring (bicyclic) bond motifs is 2. The number of hydrogen-bond donors (Lipinski definition) is 1. The molecule has 0 bridgehead atoms. The van der Waals surface area contributed by atoms with Crippen LogP contribution in [0.15, 0.2) is 36.4 Å². The summed E-state index contributed by atoms with van der Waals surface area (Å²) in [5.74, 6) is 2.25. The maximum atomic E-state index is 12.1. The van der Waals surface area contributed by atoms with Crippen molar-refractivity contribution < 1.29 is 19.0 Å². The van der Waals surface area contributed by atoms with Gasteiger partial charge in [-0.3, -0.25) is 4.79 Å². The highest BCUT2D eigenvalue weighted by Crippen LogP contribution is 2.44. The summed E-state index contributed by atoms with van der Waals surface area (Å²) in [5, 5.41) is 2.93. The highest BCUT2D eigenvalue weighted by molar-refractivity contribution is 5.96. The van der Waals surface area contributed by atoms with Gasteiger partial charge < -0.3 is 19.5 Å². The second kappa shape index (κ2) is 5.74. The SMILES string of the molecule is CC(C)Oc1ccc([C@H]2CC(=O)Nc3cc4c(cc32)OCO4)cc1. The Balaban J connectivity index is 1.70. The van der Waals surface area contributed by atoms with Crippen molar-refractivity contribution in [3.8, 4) is 17.2 Å². The average molecular weight is 325 g/mol. The van der Waals surface area contributed by atoms with E-state index in [1.807, 2.05) is 50.2 Å². The summed E-state index contributed by atoms with van der Waals surface area (Å²) >= 11 is 0. The van der Waals surface area contributed by atoms with Crippen molar-refractivity contribution in [2.45, 2.75) is 32.3 Å². The number of hydrogen-bond acceptors (Lipinski definition) is 4. The van der Waals surface area contributed by atoms with Gasteiger partial charge in [0.15, 0.2) is 11.5 Å². The molecule has 2 aromatic rings. The summed E-state index contributed by atoms with van der Waals surface area (Å²) in [7, 11) is 0. The van der Waals surface area contributed by atoms with Crippen LogP contribution < -0.4 is 19.5 Å². The van der Waals surface area contributed by atoms with E-state index in [1.54, 1.807) is 0 Å². The van der Waals surface area contributed by atoms with E-state index in [2.05, 4.69) is 5.32 Å². The molecule has 1 N–H and O–H groups in total. The van der Waals surface area contributed by atoms with Crippen molar-refractivity contribution in [2.24, 2.45) is 0 Å². The molecule has 0 unspecified atom stereocenters. The Morgan fingerprint density at radius 3 is 2.54 bits per heavy atom. The number of carbonyl (C=O) groups excluding carboxylic acids is 1. The fraction of sp³-hybridized carbons (Fsp3) is 0.316. The van der Waals surface area contributed by atoms with Gasteiger partial charge in [-0.15, -0.1) is 0 Å². The Morgan fingerprint density at radius 1 is 1.12 bits per heavy atom. The van der Waals surface area contributed by atoms with Gasteiger partial charge in [0.1, 0.15) is 5.75 Å². The van der Waals surface area contributed by atoms with Crippen LogP contribution in [-0.4, -0.2) is 18.8 Å². The maximum absolute atomic E-state index is 12.1. The van der Waals surface area contributed by atoms with E-state index in [4.69, 9.17) is 14.2 Å². The summed E-state index contributed by atoms with van der Waals surface area (Å²) in [4.78, 5) is 12.1. The molecule has 0 saturated heterocycles. The largest absolute Gasteiger partial charge is 0.491 e. The minimum Gasteiger partial charge on any atom is -0.491 e. The first kappa shape index (κ1) is 14.9. The molecular weight excluding hydrogens is 306 g/mol. The standard InChI is InChI=1S/C19H19NO4/c1-11(2)24-13-5-3-12(4-6-13)14-8-19(21)20-16-9-18-17(7-15(14)16)22-10-23-18/h3-7,9,11,14H,8,10H2,1-2H3,(H,20,21)/t14-/m1/s1. The third-order valence-corrected chi connectivity index (χ3v) is 4.24. The quantitative estimate of drug-likeness (QED) is 0.935. The summed E-state index contributed by atoms with van der Waals surface area (Å²) in [6.45, 7) is 4.22. The van der Waals surface area contributed by atoms with Crippen molar-refractivity contribution in [1.82, 2.24) is 0 Å². The van der Waals surface area contributed by atoms with E-state index in [9.17, 15) is 4.79 Å². The predicted molar refractivity (Wildman–Crippen MR) is 89.9 cm³/mol. The first-order chi connectivity index (χ1) is 11.6. The first-order valence-electron chi connectivity index (χ1n) is 8.10. The van der Waals surface area contributed by atoms with Crippen molar-refractivity contribution in [3.05, 3.63) is 47.5 Å². The summed E-state index contributed by atoms with van der Waals surface area (Å²) < 4.78 is 16.6. The molecule has 2 aliphatic rings. The average Bonchev–Trinajstić information content (AvgIpc) is 2.99. The molecule has 0 saturated carbocycles. The monoisotopic (exact) mass is 325 g/mol. The lowest BCUT2D eigenvalue weighted by atomic mass is 9.84. The third kappa shape index (κ3) is 2.66. The molecule has 5 nitrogen and oxygen atoms in total. The fourth-order valence-corrected chi connectivity index (χ4v) is 3.20. The first-order valence-corrected chi connectivity index (χ1v) is 8.10. The smallest absolute Gasteiger partial charge is 0.231 e. The number of ether oxygens (including phenoxy) is 3. The van der Waals surface area contributed by atoms with Crippen molar-refractivity contribution >= 4 is 11.6 Å². The van der Waals surface area contributed by atoms with E-state index in [0.717, 1.165) is 28.3 Å². The lowest BCUT2D eigenvalue weighted by molar-refractivity contribution is -0.116. The van der Waals surface area contributed by atoms with Crippen LogP contribution in [0.4, 0.5) is 5.69 Å². The van der Waals surface area contributed by atoms with E-state index in [0.29, 0.717) is 12.2 Å². The molecule has 1 atom stereocenters. The molecule has 0 radical (unpaired) electrons. The number of rotatable bonds is 3. The van der Waals surface area contributed by atoms with Gasteiger partial charge in [0.25, 0.3) is 0 Å². The summed E-state index contributed by atoms with van der Waals surface area (Å²) in [5.41, 5.74) is 2.93. The number of benzene rings is 2. The zero-order valence-electron chi connectivity index (χ0n) is 13.7.